The molecule has 0 atom stereocenters. The summed E-state index contributed by atoms with van der Waals surface area (Å²) in [5.41, 5.74) is 0.252. The van der Waals surface area contributed by atoms with E-state index in [1.54, 1.807) is 24.3 Å². The largest absolute Gasteiger partial charge is 0.457 e. The van der Waals surface area contributed by atoms with Gasteiger partial charge in [0.15, 0.2) is 5.82 Å². The SMILES string of the molecule is N#CCn1c(COC(=O)C2CCCC2)nc2ccccc2c1=O. The normalized spacial score (nSPS) is 14.7. The van der Waals surface area contributed by atoms with Crippen LogP contribution in [0, 0.1) is 17.2 Å². The molecule has 0 amide bonds. The van der Waals surface area contributed by atoms with E-state index in [4.69, 9.17) is 10.00 Å². The van der Waals surface area contributed by atoms with Gasteiger partial charge in [0.05, 0.1) is 22.9 Å². The number of para-hydroxylation sites is 1. The van der Waals surface area contributed by atoms with E-state index in [9.17, 15) is 9.59 Å². The molecule has 3 rings (SSSR count). The average Bonchev–Trinajstić information content (AvgIpc) is 3.10. The van der Waals surface area contributed by atoms with E-state index in [1.807, 2.05) is 6.07 Å². The number of nitrogens with zero attached hydrogens (tertiary/aromatic N) is 3. The van der Waals surface area contributed by atoms with E-state index in [1.165, 1.54) is 4.57 Å². The van der Waals surface area contributed by atoms with Crippen molar-refractivity contribution in [2.75, 3.05) is 0 Å². The molecule has 0 aliphatic heterocycles. The number of carbonyl (C=O) groups is 1. The molecule has 2 aromatic rings. The van der Waals surface area contributed by atoms with Gasteiger partial charge in [-0.3, -0.25) is 14.2 Å². The Balaban J connectivity index is 1.89. The lowest BCUT2D eigenvalue weighted by Crippen LogP contribution is -2.26. The van der Waals surface area contributed by atoms with Crippen LogP contribution in [0.15, 0.2) is 29.1 Å². The fourth-order valence-electron chi connectivity index (χ4n) is 2.97. The van der Waals surface area contributed by atoms with Crippen LogP contribution in [-0.4, -0.2) is 15.5 Å². The van der Waals surface area contributed by atoms with Crippen molar-refractivity contribution in [3.8, 4) is 6.07 Å². The second kappa shape index (κ2) is 6.61. The van der Waals surface area contributed by atoms with Crippen molar-refractivity contribution in [1.82, 2.24) is 9.55 Å². The molecule has 0 bridgehead atoms. The summed E-state index contributed by atoms with van der Waals surface area (Å²) in [6.45, 7) is -0.204. The number of carbonyl (C=O) groups excluding carboxylic acids is 1. The van der Waals surface area contributed by atoms with Crippen LogP contribution < -0.4 is 5.56 Å². The van der Waals surface area contributed by atoms with Gasteiger partial charge in [-0.05, 0) is 25.0 Å². The van der Waals surface area contributed by atoms with Gasteiger partial charge in [0.2, 0.25) is 0 Å². The Morgan fingerprint density at radius 1 is 1.35 bits per heavy atom. The molecule has 1 saturated carbocycles. The first-order chi connectivity index (χ1) is 11.2. The van der Waals surface area contributed by atoms with Crippen molar-refractivity contribution in [3.05, 3.63) is 40.4 Å². The lowest BCUT2D eigenvalue weighted by molar-refractivity contribution is -0.150. The molecule has 1 aromatic heterocycles. The number of fused-ring (bicyclic) bond motifs is 1. The summed E-state index contributed by atoms with van der Waals surface area (Å²) in [6.07, 6.45) is 3.81. The van der Waals surface area contributed by atoms with Gasteiger partial charge >= 0.3 is 5.97 Å². The number of esters is 1. The van der Waals surface area contributed by atoms with Gasteiger partial charge in [-0.15, -0.1) is 0 Å². The molecule has 118 valence electrons. The summed E-state index contributed by atoms with van der Waals surface area (Å²) in [7, 11) is 0. The maximum atomic E-state index is 12.5. The molecule has 23 heavy (non-hydrogen) atoms. The maximum absolute atomic E-state index is 12.5. The van der Waals surface area contributed by atoms with E-state index in [0.717, 1.165) is 25.7 Å². The van der Waals surface area contributed by atoms with Crippen molar-refractivity contribution >= 4 is 16.9 Å². The highest BCUT2D eigenvalue weighted by molar-refractivity contribution is 5.77. The zero-order valence-electron chi connectivity index (χ0n) is 12.7. The average molecular weight is 311 g/mol. The summed E-state index contributed by atoms with van der Waals surface area (Å²) in [6, 6.07) is 8.90. The molecule has 6 nitrogen and oxygen atoms in total. The summed E-state index contributed by atoms with van der Waals surface area (Å²) < 4.78 is 6.60. The first-order valence-corrected chi connectivity index (χ1v) is 7.72. The Hall–Kier alpha value is -2.68. The number of rotatable bonds is 4. The molecule has 1 aromatic carbocycles. The highest BCUT2D eigenvalue weighted by atomic mass is 16.5. The third-order valence-electron chi connectivity index (χ3n) is 4.20. The van der Waals surface area contributed by atoms with Gasteiger partial charge in [-0.25, -0.2) is 4.98 Å². The van der Waals surface area contributed by atoms with Crippen molar-refractivity contribution in [2.45, 2.75) is 38.8 Å². The first kappa shape index (κ1) is 15.2. The highest BCUT2D eigenvalue weighted by Crippen LogP contribution is 2.26. The molecule has 1 aliphatic carbocycles. The van der Waals surface area contributed by atoms with Crippen LogP contribution in [0.1, 0.15) is 31.5 Å². The fourth-order valence-corrected chi connectivity index (χ4v) is 2.97. The molecule has 6 heteroatoms. The van der Waals surface area contributed by atoms with Crippen LogP contribution in [0.5, 0.6) is 0 Å². The minimum Gasteiger partial charge on any atom is -0.457 e. The molecular weight excluding hydrogens is 294 g/mol. The fraction of sp³-hybridized carbons (Fsp3) is 0.412. The number of ether oxygens (including phenoxy) is 1. The molecule has 0 unspecified atom stereocenters. The van der Waals surface area contributed by atoms with Crippen LogP contribution >= 0.6 is 0 Å². The third kappa shape index (κ3) is 3.09. The number of hydrogen-bond acceptors (Lipinski definition) is 5. The topological polar surface area (TPSA) is 85.0 Å². The zero-order chi connectivity index (χ0) is 16.2. The van der Waals surface area contributed by atoms with Gasteiger partial charge in [-0.2, -0.15) is 5.26 Å². The predicted molar refractivity (Wildman–Crippen MR) is 83.4 cm³/mol. The first-order valence-electron chi connectivity index (χ1n) is 7.72. The summed E-state index contributed by atoms with van der Waals surface area (Å²) in [5, 5.41) is 9.40. The molecule has 1 fully saturated rings. The molecular formula is C17H17N3O3. The number of nitriles is 1. The summed E-state index contributed by atoms with van der Waals surface area (Å²) >= 11 is 0. The van der Waals surface area contributed by atoms with Gasteiger partial charge in [0.25, 0.3) is 5.56 Å². The molecule has 1 aliphatic rings. The van der Waals surface area contributed by atoms with Crippen LogP contribution in [0.2, 0.25) is 0 Å². The highest BCUT2D eigenvalue weighted by Gasteiger charge is 2.24. The summed E-state index contributed by atoms with van der Waals surface area (Å²) in [5.74, 6) is 0.0154. The summed E-state index contributed by atoms with van der Waals surface area (Å²) in [4.78, 5) is 28.9. The van der Waals surface area contributed by atoms with E-state index >= 15 is 0 Å². The minimum absolute atomic E-state index is 0.0494. The standard InChI is InChI=1S/C17H17N3O3/c18-9-10-20-15(11-23-17(22)12-5-1-2-6-12)19-14-8-4-3-7-13(14)16(20)21/h3-4,7-8,12H,1-2,5-6,10-11H2. The monoisotopic (exact) mass is 311 g/mol. The van der Waals surface area contributed by atoms with E-state index < -0.39 is 0 Å². The molecule has 0 radical (unpaired) electrons. The lowest BCUT2D eigenvalue weighted by Gasteiger charge is -2.13. The van der Waals surface area contributed by atoms with Crippen molar-refractivity contribution in [3.63, 3.8) is 0 Å². The minimum atomic E-state index is -0.288. The van der Waals surface area contributed by atoms with Crippen LogP contribution in [-0.2, 0) is 22.7 Å². The quantitative estimate of drug-likeness (QED) is 0.808. The van der Waals surface area contributed by atoms with Crippen LogP contribution in [0.25, 0.3) is 10.9 Å². The Morgan fingerprint density at radius 2 is 2.09 bits per heavy atom. The van der Waals surface area contributed by atoms with Gasteiger partial charge in [0.1, 0.15) is 13.2 Å². The molecule has 0 N–H and O–H groups in total. The molecule has 1 heterocycles. The van der Waals surface area contributed by atoms with E-state index in [0.29, 0.717) is 16.7 Å². The number of hydrogen-bond donors (Lipinski definition) is 0. The smallest absolute Gasteiger partial charge is 0.309 e. The van der Waals surface area contributed by atoms with Gasteiger partial charge in [0, 0.05) is 0 Å². The van der Waals surface area contributed by atoms with Crippen molar-refractivity contribution in [2.24, 2.45) is 5.92 Å². The predicted octanol–water partition coefficient (Wildman–Crippen LogP) is 2.15. The Bertz CT molecular complexity index is 829. The zero-order valence-corrected chi connectivity index (χ0v) is 12.7. The number of aromatic nitrogens is 2. The van der Waals surface area contributed by atoms with E-state index in [-0.39, 0.29) is 30.6 Å². The Labute approximate surface area is 133 Å². The van der Waals surface area contributed by atoms with Crippen LogP contribution in [0.4, 0.5) is 0 Å². The van der Waals surface area contributed by atoms with E-state index in [2.05, 4.69) is 4.98 Å². The van der Waals surface area contributed by atoms with Gasteiger partial charge < -0.3 is 4.74 Å². The maximum Gasteiger partial charge on any atom is 0.309 e. The second-order valence-corrected chi connectivity index (χ2v) is 5.68. The lowest BCUT2D eigenvalue weighted by atomic mass is 10.1. The Kier molecular flexibility index (Phi) is 4.38. The second-order valence-electron chi connectivity index (χ2n) is 5.68. The van der Waals surface area contributed by atoms with Crippen LogP contribution in [0.3, 0.4) is 0 Å². The van der Waals surface area contributed by atoms with Crippen molar-refractivity contribution in [1.29, 1.82) is 5.26 Å². The Morgan fingerprint density at radius 3 is 2.83 bits per heavy atom. The van der Waals surface area contributed by atoms with Gasteiger partial charge in [-0.1, -0.05) is 25.0 Å². The third-order valence-corrected chi connectivity index (χ3v) is 4.20. The van der Waals surface area contributed by atoms with Crippen molar-refractivity contribution < 1.29 is 9.53 Å². The molecule has 0 saturated heterocycles. The molecule has 0 spiro atoms. The number of benzene rings is 1.